The Balaban J connectivity index is 1.72. The number of hydrogen-bond acceptors (Lipinski definition) is 4. The summed E-state index contributed by atoms with van der Waals surface area (Å²) in [7, 11) is 0. The van der Waals surface area contributed by atoms with Gasteiger partial charge in [-0.15, -0.1) is 0 Å². The zero-order valence-corrected chi connectivity index (χ0v) is 17.4. The number of aryl methyl sites for hydroxylation is 3. The highest BCUT2D eigenvalue weighted by atomic mass is 35.5. The van der Waals surface area contributed by atoms with E-state index in [1.165, 1.54) is 16.8 Å². The molecule has 1 aromatic carbocycles. The van der Waals surface area contributed by atoms with Crippen molar-refractivity contribution in [2.45, 2.75) is 34.2 Å². The molecule has 8 heteroatoms. The van der Waals surface area contributed by atoms with E-state index in [2.05, 4.69) is 5.10 Å². The van der Waals surface area contributed by atoms with Gasteiger partial charge < -0.3 is 9.30 Å². The molecule has 0 atom stereocenters. The highest BCUT2D eigenvalue weighted by Gasteiger charge is 2.19. The lowest BCUT2D eigenvalue weighted by atomic mass is 10.1. The number of rotatable bonds is 6. The minimum absolute atomic E-state index is 0.000887. The fourth-order valence-corrected chi connectivity index (χ4v) is 3.47. The van der Waals surface area contributed by atoms with Crippen LogP contribution in [0, 0.1) is 33.5 Å². The first-order valence-electron chi connectivity index (χ1n) is 9.01. The van der Waals surface area contributed by atoms with Gasteiger partial charge in [0.05, 0.1) is 10.7 Å². The van der Waals surface area contributed by atoms with Crippen molar-refractivity contribution < 1.29 is 18.7 Å². The van der Waals surface area contributed by atoms with Crippen LogP contribution >= 0.6 is 11.6 Å². The Bertz CT molecular complexity index is 1100. The van der Waals surface area contributed by atoms with Crippen LogP contribution in [-0.2, 0) is 16.1 Å². The Morgan fingerprint density at radius 1 is 1.10 bits per heavy atom. The average Bonchev–Trinajstić information content (AvgIpc) is 3.13. The van der Waals surface area contributed by atoms with Gasteiger partial charge in [-0.25, -0.2) is 4.39 Å². The van der Waals surface area contributed by atoms with Crippen LogP contribution < -0.4 is 0 Å². The Morgan fingerprint density at radius 2 is 1.83 bits per heavy atom. The third-order valence-electron chi connectivity index (χ3n) is 4.64. The molecule has 0 bridgehead atoms. The molecular weight excluding hydrogens is 397 g/mol. The lowest BCUT2D eigenvalue weighted by molar-refractivity contribution is -0.143. The van der Waals surface area contributed by atoms with Crippen LogP contribution in [0.2, 0.25) is 5.02 Å². The molecule has 152 valence electrons. The van der Waals surface area contributed by atoms with Crippen LogP contribution in [0.25, 0.3) is 5.69 Å². The molecule has 0 unspecified atom stereocenters. The number of nitrogens with zero attached hydrogens (tertiary/aromatic N) is 3. The molecular formula is C21H21ClFN3O3. The summed E-state index contributed by atoms with van der Waals surface area (Å²) in [5.74, 6) is -1.37. The number of halogens is 2. The Hall–Kier alpha value is -2.93. The summed E-state index contributed by atoms with van der Waals surface area (Å²) in [6.45, 7) is 6.86. The molecule has 0 spiro atoms. The van der Waals surface area contributed by atoms with E-state index < -0.39 is 11.8 Å². The van der Waals surface area contributed by atoms with Crippen molar-refractivity contribution in [3.63, 3.8) is 0 Å². The number of carbonyl (C=O) groups is 2. The van der Waals surface area contributed by atoms with Crippen LogP contribution in [0.1, 0.15) is 33.1 Å². The molecule has 0 amide bonds. The number of ketones is 1. The molecule has 0 aliphatic carbocycles. The number of aromatic nitrogens is 3. The Kier molecular flexibility index (Phi) is 5.88. The quantitative estimate of drug-likeness (QED) is 0.447. The molecule has 0 saturated heterocycles. The number of esters is 1. The number of Topliss-reactive ketones (excluding diaryl/α,β-unsaturated/α-hetero) is 1. The van der Waals surface area contributed by atoms with Crippen LogP contribution in [-0.4, -0.2) is 32.7 Å². The molecule has 0 saturated carbocycles. The predicted molar refractivity (Wildman–Crippen MR) is 107 cm³/mol. The van der Waals surface area contributed by atoms with Gasteiger partial charge in [-0.3, -0.25) is 14.3 Å². The van der Waals surface area contributed by atoms with E-state index in [-0.39, 0.29) is 24.0 Å². The van der Waals surface area contributed by atoms with Crippen molar-refractivity contribution in [2.75, 3.05) is 6.61 Å². The Labute approximate surface area is 172 Å². The molecule has 2 aromatic heterocycles. The van der Waals surface area contributed by atoms with Crippen molar-refractivity contribution >= 4 is 23.4 Å². The van der Waals surface area contributed by atoms with Gasteiger partial charge in [0.25, 0.3) is 0 Å². The minimum atomic E-state index is -0.538. The van der Waals surface area contributed by atoms with Gasteiger partial charge in [-0.1, -0.05) is 11.6 Å². The summed E-state index contributed by atoms with van der Waals surface area (Å²) in [6, 6.07) is 7.93. The zero-order valence-electron chi connectivity index (χ0n) is 16.6. The first-order chi connectivity index (χ1) is 13.7. The van der Waals surface area contributed by atoms with Crippen molar-refractivity contribution in [2.24, 2.45) is 0 Å². The molecule has 0 fully saturated rings. The van der Waals surface area contributed by atoms with Gasteiger partial charge in [0, 0.05) is 28.3 Å². The number of ether oxygens (including phenoxy) is 1. The molecule has 0 aliphatic rings. The summed E-state index contributed by atoms with van der Waals surface area (Å²) in [6.07, 6.45) is 0. The first kappa shape index (κ1) is 20.8. The largest absolute Gasteiger partial charge is 0.456 e. The van der Waals surface area contributed by atoms with E-state index in [0.29, 0.717) is 16.9 Å². The minimum Gasteiger partial charge on any atom is -0.456 e. The second kappa shape index (κ2) is 8.21. The molecule has 29 heavy (non-hydrogen) atoms. The molecule has 3 rings (SSSR count). The SMILES string of the molecule is Cc1cc(C)n(CC(=O)OCC(=O)c2cc(C)n(-c3ccc(F)c(Cl)c3)c2C)n1. The average molecular weight is 418 g/mol. The van der Waals surface area contributed by atoms with E-state index in [4.69, 9.17) is 16.3 Å². The van der Waals surface area contributed by atoms with E-state index in [0.717, 1.165) is 17.1 Å². The van der Waals surface area contributed by atoms with Crippen molar-refractivity contribution in [3.05, 3.63) is 69.5 Å². The maximum Gasteiger partial charge on any atom is 0.328 e. The lowest BCUT2D eigenvalue weighted by Crippen LogP contribution is -2.20. The van der Waals surface area contributed by atoms with E-state index in [9.17, 15) is 14.0 Å². The fourth-order valence-electron chi connectivity index (χ4n) is 3.29. The molecule has 0 radical (unpaired) electrons. The third-order valence-corrected chi connectivity index (χ3v) is 4.93. The smallest absolute Gasteiger partial charge is 0.328 e. The summed E-state index contributed by atoms with van der Waals surface area (Å²) in [5, 5.41) is 4.20. The highest BCUT2D eigenvalue weighted by Crippen LogP contribution is 2.25. The molecule has 2 heterocycles. The highest BCUT2D eigenvalue weighted by molar-refractivity contribution is 6.30. The normalized spacial score (nSPS) is 11.0. The summed E-state index contributed by atoms with van der Waals surface area (Å²) < 4.78 is 21.9. The van der Waals surface area contributed by atoms with Gasteiger partial charge in [0.15, 0.2) is 6.61 Å². The van der Waals surface area contributed by atoms with Gasteiger partial charge in [0.1, 0.15) is 12.4 Å². The van der Waals surface area contributed by atoms with E-state index in [1.807, 2.05) is 26.8 Å². The maximum atomic E-state index is 13.5. The maximum absolute atomic E-state index is 13.5. The number of benzene rings is 1. The van der Waals surface area contributed by atoms with Crippen LogP contribution in [0.15, 0.2) is 30.3 Å². The van der Waals surface area contributed by atoms with Crippen LogP contribution in [0.4, 0.5) is 4.39 Å². The lowest BCUT2D eigenvalue weighted by Gasteiger charge is -2.11. The summed E-state index contributed by atoms with van der Waals surface area (Å²) in [5.41, 5.74) is 4.16. The second-order valence-electron chi connectivity index (χ2n) is 6.89. The van der Waals surface area contributed by atoms with Crippen molar-refractivity contribution in [1.29, 1.82) is 0 Å². The van der Waals surface area contributed by atoms with Gasteiger partial charge >= 0.3 is 5.97 Å². The molecule has 6 nitrogen and oxygen atoms in total. The van der Waals surface area contributed by atoms with Crippen molar-refractivity contribution in [3.8, 4) is 5.69 Å². The van der Waals surface area contributed by atoms with Crippen LogP contribution in [0.3, 0.4) is 0 Å². The molecule has 0 aliphatic heterocycles. The topological polar surface area (TPSA) is 66.1 Å². The monoisotopic (exact) mass is 417 g/mol. The van der Waals surface area contributed by atoms with Gasteiger partial charge in [0.2, 0.25) is 5.78 Å². The molecule has 0 N–H and O–H groups in total. The van der Waals surface area contributed by atoms with E-state index in [1.54, 1.807) is 23.6 Å². The number of hydrogen-bond donors (Lipinski definition) is 0. The van der Waals surface area contributed by atoms with Crippen LogP contribution in [0.5, 0.6) is 0 Å². The van der Waals surface area contributed by atoms with Crippen molar-refractivity contribution in [1.82, 2.24) is 14.3 Å². The Morgan fingerprint density at radius 3 is 2.45 bits per heavy atom. The predicted octanol–water partition coefficient (Wildman–Crippen LogP) is 4.13. The van der Waals surface area contributed by atoms with E-state index >= 15 is 0 Å². The zero-order chi connectivity index (χ0) is 21.3. The standard InChI is InChI=1S/C21H21ClFN3O3/c1-12-7-13(2)25(24-12)10-21(28)29-11-20(27)17-8-14(3)26(15(17)4)16-5-6-19(23)18(22)9-16/h5-9H,10-11H2,1-4H3. The van der Waals surface area contributed by atoms with Gasteiger partial charge in [-0.05, 0) is 58.0 Å². The summed E-state index contributed by atoms with van der Waals surface area (Å²) in [4.78, 5) is 24.7. The second-order valence-corrected chi connectivity index (χ2v) is 7.29. The summed E-state index contributed by atoms with van der Waals surface area (Å²) >= 11 is 5.88. The third kappa shape index (κ3) is 4.40. The van der Waals surface area contributed by atoms with Gasteiger partial charge in [-0.2, -0.15) is 5.10 Å². The first-order valence-corrected chi connectivity index (χ1v) is 9.39. The fraction of sp³-hybridized carbons (Fsp3) is 0.286. The molecule has 3 aromatic rings. The number of carbonyl (C=O) groups excluding carboxylic acids is 2.